The number of anilines is 1. The van der Waals surface area contributed by atoms with Gasteiger partial charge in [0.1, 0.15) is 0 Å². The molecule has 4 N–H and O–H groups in total. The van der Waals surface area contributed by atoms with Crippen LogP contribution in [0.2, 0.25) is 0 Å². The van der Waals surface area contributed by atoms with Crippen LogP contribution in [-0.2, 0) is 19.6 Å². The average molecular weight is 447 g/mol. The number of likely N-dealkylation sites (N-methyl/N-ethyl adjacent to an activating group) is 1. The molecule has 10 heteroatoms. The number of aryl methyl sites for hydroxylation is 2. The summed E-state index contributed by atoms with van der Waals surface area (Å²) in [5.74, 6) is -1.64. The van der Waals surface area contributed by atoms with Gasteiger partial charge in [-0.15, -0.1) is 0 Å². The molecule has 0 radical (unpaired) electrons. The summed E-state index contributed by atoms with van der Waals surface area (Å²) >= 11 is 0. The number of hydrogen-bond donors (Lipinski definition) is 3. The summed E-state index contributed by atoms with van der Waals surface area (Å²) in [6, 6.07) is 11.1. The molecule has 0 fully saturated rings. The second-order valence-electron chi connectivity index (χ2n) is 7.07. The quantitative estimate of drug-likeness (QED) is 0.531. The van der Waals surface area contributed by atoms with Gasteiger partial charge in [0.2, 0.25) is 21.8 Å². The summed E-state index contributed by atoms with van der Waals surface area (Å²) in [5.41, 5.74) is 7.25. The van der Waals surface area contributed by atoms with Crippen molar-refractivity contribution in [3.8, 4) is 0 Å². The average Bonchev–Trinajstić information content (AvgIpc) is 2.69. The number of carbonyl (C=O) groups excluding carboxylic acids is 3. The minimum atomic E-state index is -3.86. The molecule has 9 nitrogen and oxygen atoms in total. The molecule has 0 aliphatic rings. The number of amides is 3. The molecule has 0 aliphatic carbocycles. The Balaban J connectivity index is 2.09. The largest absolute Gasteiger partial charge is 0.370 e. The number of nitrogens with two attached hydrogens (primary N) is 1. The molecular weight excluding hydrogens is 420 g/mol. The van der Waals surface area contributed by atoms with E-state index in [1.165, 1.54) is 25.2 Å². The molecule has 2 aromatic rings. The van der Waals surface area contributed by atoms with Crippen molar-refractivity contribution in [1.29, 1.82) is 0 Å². The molecule has 0 heterocycles. The Morgan fingerprint density at radius 2 is 1.71 bits per heavy atom. The molecule has 0 unspecified atom stereocenters. The van der Waals surface area contributed by atoms with Crippen molar-refractivity contribution in [1.82, 2.24) is 9.62 Å². The van der Waals surface area contributed by atoms with Gasteiger partial charge in [-0.05, 0) is 49.2 Å². The monoisotopic (exact) mass is 446 g/mol. The number of para-hydroxylation sites is 1. The van der Waals surface area contributed by atoms with Crippen LogP contribution in [0.5, 0.6) is 0 Å². The summed E-state index contributed by atoms with van der Waals surface area (Å²) in [7, 11) is -2.55. The van der Waals surface area contributed by atoms with Gasteiger partial charge in [0, 0.05) is 20.0 Å². The highest BCUT2D eigenvalue weighted by Crippen LogP contribution is 2.19. The van der Waals surface area contributed by atoms with Gasteiger partial charge < -0.3 is 16.4 Å². The highest BCUT2D eigenvalue weighted by atomic mass is 32.2. The Kier molecular flexibility index (Phi) is 7.89. The third kappa shape index (κ3) is 6.37. The van der Waals surface area contributed by atoms with Crippen molar-refractivity contribution in [3.05, 3.63) is 59.2 Å². The van der Waals surface area contributed by atoms with Crippen molar-refractivity contribution < 1.29 is 22.8 Å². The number of sulfonamides is 1. The van der Waals surface area contributed by atoms with Crippen LogP contribution in [0.15, 0.2) is 47.4 Å². The molecule has 31 heavy (non-hydrogen) atoms. The second kappa shape index (κ2) is 10.2. The first-order valence-electron chi connectivity index (χ1n) is 9.51. The molecular formula is C21H26N4O5S. The predicted molar refractivity (Wildman–Crippen MR) is 117 cm³/mol. The van der Waals surface area contributed by atoms with Crippen LogP contribution < -0.4 is 16.4 Å². The first kappa shape index (κ1) is 24.0. The lowest BCUT2D eigenvalue weighted by atomic mass is 10.1. The highest BCUT2D eigenvalue weighted by Gasteiger charge is 2.24. The maximum absolute atomic E-state index is 12.8. The van der Waals surface area contributed by atoms with E-state index in [4.69, 9.17) is 5.73 Å². The number of benzene rings is 2. The van der Waals surface area contributed by atoms with E-state index >= 15 is 0 Å². The van der Waals surface area contributed by atoms with E-state index in [0.29, 0.717) is 0 Å². The third-order valence-electron chi connectivity index (χ3n) is 4.66. The molecule has 2 aromatic carbocycles. The lowest BCUT2D eigenvalue weighted by molar-refractivity contribution is -0.118. The van der Waals surface area contributed by atoms with Crippen LogP contribution in [0, 0.1) is 13.8 Å². The zero-order valence-electron chi connectivity index (χ0n) is 17.6. The minimum Gasteiger partial charge on any atom is -0.370 e. The van der Waals surface area contributed by atoms with E-state index in [-0.39, 0.29) is 29.1 Å². The maximum Gasteiger partial charge on any atom is 0.253 e. The van der Waals surface area contributed by atoms with Crippen LogP contribution in [0.3, 0.4) is 0 Å². The predicted octanol–water partition coefficient (Wildman–Crippen LogP) is 1.17. The molecule has 166 valence electrons. The number of primary amides is 1. The molecule has 3 amide bonds. The molecule has 0 bridgehead atoms. The Bertz CT molecular complexity index is 1100. The Morgan fingerprint density at radius 3 is 2.35 bits per heavy atom. The van der Waals surface area contributed by atoms with Gasteiger partial charge in [0.05, 0.1) is 22.7 Å². The normalized spacial score (nSPS) is 11.2. The fourth-order valence-electron chi connectivity index (χ4n) is 2.72. The van der Waals surface area contributed by atoms with Crippen molar-refractivity contribution in [3.63, 3.8) is 0 Å². The van der Waals surface area contributed by atoms with Gasteiger partial charge in [0.25, 0.3) is 5.91 Å². The van der Waals surface area contributed by atoms with Gasteiger partial charge in [0.15, 0.2) is 0 Å². The van der Waals surface area contributed by atoms with Crippen molar-refractivity contribution >= 4 is 33.4 Å². The fraction of sp³-hybridized carbons (Fsp3) is 0.286. The molecule has 0 saturated carbocycles. The molecule has 0 aliphatic heterocycles. The van der Waals surface area contributed by atoms with Crippen LogP contribution in [0.4, 0.5) is 5.69 Å². The van der Waals surface area contributed by atoms with Crippen LogP contribution in [0.25, 0.3) is 0 Å². The van der Waals surface area contributed by atoms with E-state index in [0.717, 1.165) is 15.4 Å². The van der Waals surface area contributed by atoms with Crippen molar-refractivity contribution in [2.45, 2.75) is 25.2 Å². The SMILES string of the molecule is Cc1ccc(S(=O)(=O)N(C)CC(=O)Nc2ccccc2C(=O)NCCC(N)=O)cc1C. The highest BCUT2D eigenvalue weighted by molar-refractivity contribution is 7.89. The van der Waals surface area contributed by atoms with Gasteiger partial charge in [-0.1, -0.05) is 18.2 Å². The zero-order chi connectivity index (χ0) is 23.2. The van der Waals surface area contributed by atoms with Crippen LogP contribution in [0.1, 0.15) is 27.9 Å². The molecule has 0 aromatic heterocycles. The fourth-order valence-corrected chi connectivity index (χ4v) is 3.93. The zero-order valence-corrected chi connectivity index (χ0v) is 18.5. The van der Waals surface area contributed by atoms with E-state index in [2.05, 4.69) is 10.6 Å². The second-order valence-corrected chi connectivity index (χ2v) is 9.12. The van der Waals surface area contributed by atoms with E-state index in [9.17, 15) is 22.8 Å². The Morgan fingerprint density at radius 1 is 1.03 bits per heavy atom. The van der Waals surface area contributed by atoms with E-state index in [1.807, 2.05) is 13.8 Å². The summed E-state index contributed by atoms with van der Waals surface area (Å²) < 4.78 is 26.5. The number of rotatable bonds is 9. The number of carbonyl (C=O) groups is 3. The first-order valence-corrected chi connectivity index (χ1v) is 11.0. The molecule has 0 atom stereocenters. The summed E-state index contributed by atoms with van der Waals surface area (Å²) in [5, 5.41) is 5.11. The first-order chi connectivity index (χ1) is 14.5. The smallest absolute Gasteiger partial charge is 0.253 e. The van der Waals surface area contributed by atoms with E-state index < -0.39 is 34.3 Å². The van der Waals surface area contributed by atoms with Crippen LogP contribution >= 0.6 is 0 Å². The lowest BCUT2D eigenvalue weighted by Gasteiger charge is -2.18. The molecule has 2 rings (SSSR count). The number of hydrogen-bond acceptors (Lipinski definition) is 5. The van der Waals surface area contributed by atoms with E-state index in [1.54, 1.807) is 24.3 Å². The topological polar surface area (TPSA) is 139 Å². The standard InChI is InChI=1S/C21H26N4O5S/c1-14-8-9-16(12-15(14)2)31(29,30)25(3)13-20(27)24-18-7-5-4-6-17(18)21(28)23-11-10-19(22)26/h4-9,12H,10-11,13H2,1-3H3,(H2,22,26)(H,23,28)(H,24,27). The van der Waals surface area contributed by atoms with Crippen molar-refractivity contribution in [2.75, 3.05) is 25.5 Å². The minimum absolute atomic E-state index is 0.0125. The summed E-state index contributed by atoms with van der Waals surface area (Å²) in [6.45, 7) is 3.32. The van der Waals surface area contributed by atoms with Gasteiger partial charge >= 0.3 is 0 Å². The van der Waals surface area contributed by atoms with Crippen LogP contribution in [-0.4, -0.2) is 50.6 Å². The molecule has 0 saturated heterocycles. The molecule has 0 spiro atoms. The van der Waals surface area contributed by atoms with Gasteiger partial charge in [-0.2, -0.15) is 4.31 Å². The summed E-state index contributed by atoms with van der Waals surface area (Å²) in [6.07, 6.45) is -0.0125. The third-order valence-corrected chi connectivity index (χ3v) is 6.45. The van der Waals surface area contributed by atoms with Crippen molar-refractivity contribution in [2.24, 2.45) is 5.73 Å². The summed E-state index contributed by atoms with van der Waals surface area (Å²) in [4.78, 5) is 35.7. The number of nitrogens with one attached hydrogen (secondary N) is 2. The van der Waals surface area contributed by atoms with Gasteiger partial charge in [-0.3, -0.25) is 14.4 Å². The Labute approximate surface area is 181 Å². The lowest BCUT2D eigenvalue weighted by Crippen LogP contribution is -2.35. The maximum atomic E-state index is 12.8. The van der Waals surface area contributed by atoms with Gasteiger partial charge in [-0.25, -0.2) is 8.42 Å². The number of nitrogens with zero attached hydrogens (tertiary/aromatic N) is 1. The Hall–Kier alpha value is -3.24.